The highest BCUT2D eigenvalue weighted by molar-refractivity contribution is 5.83. The van der Waals surface area contributed by atoms with Crippen LogP contribution in [0.5, 0.6) is 0 Å². The third kappa shape index (κ3) is 8.85. The summed E-state index contributed by atoms with van der Waals surface area (Å²) in [6, 6.07) is -1.62. The molecule has 0 aliphatic heterocycles. The molecular weight excluding hydrogens is 278 g/mol. The first-order valence-electron chi connectivity index (χ1n) is 6.71. The minimum absolute atomic E-state index is 0.115. The fraction of sp³-hybridized carbons (Fsp3) is 0.769. The molecule has 1 atom stereocenters. The zero-order valence-corrected chi connectivity index (χ0v) is 13.0. The lowest BCUT2D eigenvalue weighted by Crippen LogP contribution is -2.52. The second-order valence-corrected chi connectivity index (χ2v) is 5.63. The summed E-state index contributed by atoms with van der Waals surface area (Å²) in [4.78, 5) is 34.1. The predicted molar refractivity (Wildman–Crippen MR) is 76.9 cm³/mol. The summed E-state index contributed by atoms with van der Waals surface area (Å²) in [6.07, 6.45) is 0.115. The summed E-state index contributed by atoms with van der Waals surface area (Å²) in [5, 5.41) is 16.5. The molecule has 0 unspecified atom stereocenters. The average Bonchev–Trinajstić information content (AvgIpc) is 2.34. The van der Waals surface area contributed by atoms with Gasteiger partial charge in [0.15, 0.2) is 0 Å². The van der Waals surface area contributed by atoms with Crippen molar-refractivity contribution in [2.45, 2.75) is 33.2 Å². The zero-order chi connectivity index (χ0) is 16.5. The molecule has 0 aliphatic carbocycles. The van der Waals surface area contributed by atoms with Crippen LogP contribution >= 0.6 is 0 Å². The Hall–Kier alpha value is -1.83. The lowest BCUT2D eigenvalue weighted by atomic mass is 9.87. The van der Waals surface area contributed by atoms with E-state index in [1.807, 2.05) is 0 Å². The summed E-state index contributed by atoms with van der Waals surface area (Å²) in [7, 11) is 1.53. The van der Waals surface area contributed by atoms with E-state index < -0.39 is 23.5 Å². The standard InChI is InChI=1S/C13H25N3O5/c1-13(2,3)10(11(18)19)16-12(20)15-6-5-9(17)14-7-8-21-4/h10H,5-8H2,1-4H3,(H,14,17)(H,18,19)(H2,15,16,20)/t10-/m1/s1. The highest BCUT2D eigenvalue weighted by atomic mass is 16.5. The smallest absolute Gasteiger partial charge is 0.326 e. The van der Waals surface area contributed by atoms with Crippen LogP contribution in [0.2, 0.25) is 0 Å². The van der Waals surface area contributed by atoms with Gasteiger partial charge in [-0.05, 0) is 5.41 Å². The summed E-state index contributed by atoms with van der Waals surface area (Å²) in [5.41, 5.74) is -0.610. The van der Waals surface area contributed by atoms with Gasteiger partial charge in [-0.2, -0.15) is 0 Å². The molecule has 0 spiro atoms. The van der Waals surface area contributed by atoms with Gasteiger partial charge < -0.3 is 25.8 Å². The summed E-state index contributed by atoms with van der Waals surface area (Å²) in [5.74, 6) is -1.31. The van der Waals surface area contributed by atoms with E-state index in [1.54, 1.807) is 20.8 Å². The minimum Gasteiger partial charge on any atom is -0.480 e. The number of aliphatic carboxylic acids is 1. The van der Waals surface area contributed by atoms with Gasteiger partial charge in [-0.25, -0.2) is 9.59 Å². The van der Waals surface area contributed by atoms with Gasteiger partial charge in [-0.15, -0.1) is 0 Å². The largest absolute Gasteiger partial charge is 0.480 e. The summed E-state index contributed by atoms with van der Waals surface area (Å²) in [6.45, 7) is 6.11. The van der Waals surface area contributed by atoms with Crippen LogP contribution in [0.25, 0.3) is 0 Å². The molecule has 0 rings (SSSR count). The molecule has 3 amide bonds. The molecule has 0 heterocycles. The van der Waals surface area contributed by atoms with Gasteiger partial charge in [0, 0.05) is 26.6 Å². The third-order valence-corrected chi connectivity index (χ3v) is 2.65. The van der Waals surface area contributed by atoms with Crippen LogP contribution < -0.4 is 16.0 Å². The first-order chi connectivity index (χ1) is 9.68. The second kappa shape index (κ2) is 9.17. The van der Waals surface area contributed by atoms with Crippen LogP contribution in [0.1, 0.15) is 27.2 Å². The zero-order valence-electron chi connectivity index (χ0n) is 13.0. The quantitative estimate of drug-likeness (QED) is 0.469. The van der Waals surface area contributed by atoms with Crippen LogP contribution in [0.4, 0.5) is 4.79 Å². The number of carbonyl (C=O) groups excluding carboxylic acids is 2. The van der Waals surface area contributed by atoms with Crippen LogP contribution in [0, 0.1) is 5.41 Å². The monoisotopic (exact) mass is 303 g/mol. The molecule has 0 radical (unpaired) electrons. The number of nitrogens with one attached hydrogen (secondary N) is 3. The van der Waals surface area contributed by atoms with Crippen LogP contribution in [-0.4, -0.2) is 55.9 Å². The maximum absolute atomic E-state index is 11.6. The molecule has 0 saturated heterocycles. The second-order valence-electron chi connectivity index (χ2n) is 5.63. The molecule has 8 nitrogen and oxygen atoms in total. The molecule has 0 aromatic rings. The molecule has 4 N–H and O–H groups in total. The van der Waals surface area contributed by atoms with Crippen molar-refractivity contribution in [3.8, 4) is 0 Å². The SMILES string of the molecule is COCCNC(=O)CCNC(=O)N[C@H](C(=O)O)C(C)(C)C. The maximum atomic E-state index is 11.6. The molecule has 8 heteroatoms. The predicted octanol–water partition coefficient (Wildman–Crippen LogP) is -0.0624. The molecule has 0 aromatic heterocycles. The average molecular weight is 303 g/mol. The van der Waals surface area contributed by atoms with E-state index in [-0.39, 0.29) is 18.9 Å². The van der Waals surface area contributed by atoms with Gasteiger partial charge in [0.25, 0.3) is 0 Å². The van der Waals surface area contributed by atoms with Crippen molar-refractivity contribution >= 4 is 17.9 Å². The Morgan fingerprint density at radius 3 is 2.24 bits per heavy atom. The number of hydrogen-bond donors (Lipinski definition) is 4. The van der Waals surface area contributed by atoms with Crippen LogP contribution in [0.3, 0.4) is 0 Å². The number of ether oxygens (including phenoxy) is 1. The number of methoxy groups -OCH3 is 1. The van der Waals surface area contributed by atoms with Crippen molar-refractivity contribution in [2.24, 2.45) is 5.41 Å². The number of carboxylic acids is 1. The molecule has 21 heavy (non-hydrogen) atoms. The molecule has 0 aliphatic rings. The highest BCUT2D eigenvalue weighted by Crippen LogP contribution is 2.19. The van der Waals surface area contributed by atoms with E-state index in [2.05, 4.69) is 16.0 Å². The number of amides is 3. The maximum Gasteiger partial charge on any atom is 0.326 e. The Balaban J connectivity index is 4.04. The van der Waals surface area contributed by atoms with Crippen molar-refractivity contribution < 1.29 is 24.2 Å². The lowest BCUT2D eigenvalue weighted by molar-refractivity contribution is -0.141. The molecular formula is C13H25N3O5. The summed E-state index contributed by atoms with van der Waals surface area (Å²) >= 11 is 0. The van der Waals surface area contributed by atoms with Crippen molar-refractivity contribution in [1.82, 2.24) is 16.0 Å². The van der Waals surface area contributed by atoms with Crippen LogP contribution in [-0.2, 0) is 14.3 Å². The Bertz CT molecular complexity index is 365. The Kier molecular flexibility index (Phi) is 8.37. The number of rotatable bonds is 8. The van der Waals surface area contributed by atoms with Crippen molar-refractivity contribution in [3.05, 3.63) is 0 Å². The van der Waals surface area contributed by atoms with E-state index in [9.17, 15) is 14.4 Å². The fourth-order valence-electron chi connectivity index (χ4n) is 1.50. The van der Waals surface area contributed by atoms with Crippen LogP contribution in [0.15, 0.2) is 0 Å². The topological polar surface area (TPSA) is 117 Å². The normalized spacial score (nSPS) is 12.4. The first kappa shape index (κ1) is 19.2. The van der Waals surface area contributed by atoms with Gasteiger partial charge in [-0.3, -0.25) is 4.79 Å². The summed E-state index contributed by atoms with van der Waals surface area (Å²) < 4.78 is 4.78. The third-order valence-electron chi connectivity index (χ3n) is 2.65. The number of hydrogen-bond acceptors (Lipinski definition) is 4. The van der Waals surface area contributed by atoms with Crippen molar-refractivity contribution in [1.29, 1.82) is 0 Å². The lowest BCUT2D eigenvalue weighted by Gasteiger charge is -2.27. The van der Waals surface area contributed by atoms with Gasteiger partial charge >= 0.3 is 12.0 Å². The Labute approximate surface area is 124 Å². The molecule has 122 valence electrons. The Morgan fingerprint density at radius 1 is 1.14 bits per heavy atom. The molecule has 0 bridgehead atoms. The fourth-order valence-corrected chi connectivity index (χ4v) is 1.50. The number of carboxylic acid groups (broad SMARTS) is 1. The van der Waals surface area contributed by atoms with Gasteiger partial charge in [0.05, 0.1) is 6.61 Å². The van der Waals surface area contributed by atoms with Crippen molar-refractivity contribution in [2.75, 3.05) is 26.8 Å². The van der Waals surface area contributed by atoms with E-state index >= 15 is 0 Å². The minimum atomic E-state index is -1.10. The van der Waals surface area contributed by atoms with E-state index in [1.165, 1.54) is 7.11 Å². The first-order valence-corrected chi connectivity index (χ1v) is 6.71. The highest BCUT2D eigenvalue weighted by Gasteiger charge is 2.32. The van der Waals surface area contributed by atoms with Gasteiger partial charge in [0.1, 0.15) is 6.04 Å². The van der Waals surface area contributed by atoms with Gasteiger partial charge in [0.2, 0.25) is 5.91 Å². The van der Waals surface area contributed by atoms with E-state index in [0.717, 1.165) is 0 Å². The number of carbonyl (C=O) groups is 3. The Morgan fingerprint density at radius 2 is 1.76 bits per heavy atom. The van der Waals surface area contributed by atoms with E-state index in [0.29, 0.717) is 13.2 Å². The van der Waals surface area contributed by atoms with Crippen molar-refractivity contribution in [3.63, 3.8) is 0 Å². The van der Waals surface area contributed by atoms with Gasteiger partial charge in [-0.1, -0.05) is 20.8 Å². The number of urea groups is 1. The molecule has 0 saturated carbocycles. The molecule has 0 aromatic carbocycles. The molecule has 0 fully saturated rings. The van der Waals surface area contributed by atoms with E-state index in [4.69, 9.17) is 9.84 Å².